The Balaban J connectivity index is 2.62. The number of carbonyl (C=O) groups excluding carboxylic acids is 1. The van der Waals surface area contributed by atoms with Gasteiger partial charge < -0.3 is 4.90 Å². The van der Waals surface area contributed by atoms with Gasteiger partial charge in [0.1, 0.15) is 0 Å². The Morgan fingerprint density at radius 3 is 2.53 bits per heavy atom. The number of carbonyl (C=O) groups is 1. The Morgan fingerprint density at radius 2 is 1.87 bits per heavy atom. The molecule has 2 rings (SSSR count). The second-order valence-electron chi connectivity index (χ2n) is 4.87. The van der Waals surface area contributed by atoms with Crippen molar-refractivity contribution in [3.63, 3.8) is 0 Å². The molecule has 80 valence electrons. The molecule has 0 spiro atoms. The molecule has 0 bridgehead atoms. The third-order valence-corrected chi connectivity index (χ3v) is 3.70. The van der Waals surface area contributed by atoms with Crippen LogP contribution in [0.25, 0.3) is 0 Å². The molecular weight excluding hydrogens is 186 g/mol. The molecule has 0 fully saturated rings. The number of benzene rings is 1. The van der Waals surface area contributed by atoms with Crippen LogP contribution in [0, 0.1) is 5.41 Å². The van der Waals surface area contributed by atoms with Crippen LogP contribution < -0.4 is 4.90 Å². The van der Waals surface area contributed by atoms with Crippen LogP contribution in [0.4, 0.5) is 5.69 Å². The maximum Gasteiger partial charge on any atom is 0.232 e. The second kappa shape index (κ2) is 3.09. The summed E-state index contributed by atoms with van der Waals surface area (Å²) >= 11 is 0. The van der Waals surface area contributed by atoms with Crippen LogP contribution in [0.1, 0.15) is 32.3 Å². The third-order valence-electron chi connectivity index (χ3n) is 3.70. The van der Waals surface area contributed by atoms with Gasteiger partial charge >= 0.3 is 0 Å². The van der Waals surface area contributed by atoms with Crippen molar-refractivity contribution in [2.24, 2.45) is 5.41 Å². The van der Waals surface area contributed by atoms with Crippen LogP contribution in [0.5, 0.6) is 0 Å². The van der Waals surface area contributed by atoms with Crippen molar-refractivity contribution in [1.29, 1.82) is 0 Å². The predicted octanol–water partition coefficient (Wildman–Crippen LogP) is 2.79. The fraction of sp³-hybridized carbons (Fsp3) is 0.462. The standard InChI is InChI=1S/C13H17NO/c1-9-10-7-5-6-8-11(10)14(4)12(15)13(9,2)3/h5-9H,1-4H3. The molecule has 1 amide bonds. The topological polar surface area (TPSA) is 20.3 Å². The van der Waals surface area contributed by atoms with Gasteiger partial charge in [0.15, 0.2) is 0 Å². The van der Waals surface area contributed by atoms with Crippen molar-refractivity contribution < 1.29 is 4.79 Å². The third kappa shape index (κ3) is 1.28. The zero-order valence-electron chi connectivity index (χ0n) is 9.74. The number of anilines is 1. The van der Waals surface area contributed by atoms with Gasteiger partial charge in [0.2, 0.25) is 5.91 Å². The highest BCUT2D eigenvalue weighted by atomic mass is 16.2. The smallest absolute Gasteiger partial charge is 0.232 e. The zero-order chi connectivity index (χ0) is 11.2. The Bertz CT molecular complexity index is 409. The van der Waals surface area contributed by atoms with E-state index in [4.69, 9.17) is 0 Å². The highest BCUT2D eigenvalue weighted by molar-refractivity contribution is 6.00. The normalized spacial score (nSPS) is 23.9. The molecule has 0 radical (unpaired) electrons. The summed E-state index contributed by atoms with van der Waals surface area (Å²) in [6.45, 7) is 6.17. The van der Waals surface area contributed by atoms with E-state index in [-0.39, 0.29) is 17.2 Å². The molecule has 0 saturated heterocycles. The van der Waals surface area contributed by atoms with Gasteiger partial charge in [-0.15, -0.1) is 0 Å². The van der Waals surface area contributed by atoms with Gasteiger partial charge in [0.25, 0.3) is 0 Å². The number of fused-ring (bicyclic) bond motifs is 1. The van der Waals surface area contributed by atoms with Crippen molar-refractivity contribution in [2.45, 2.75) is 26.7 Å². The minimum absolute atomic E-state index is 0.203. The molecule has 0 aliphatic carbocycles. The maximum absolute atomic E-state index is 12.1. The van der Waals surface area contributed by atoms with Crippen LogP contribution in [0.2, 0.25) is 0 Å². The maximum atomic E-state index is 12.1. The van der Waals surface area contributed by atoms with E-state index in [9.17, 15) is 4.79 Å². The molecule has 0 aromatic heterocycles. The number of nitrogens with zero attached hydrogens (tertiary/aromatic N) is 1. The molecule has 15 heavy (non-hydrogen) atoms. The minimum Gasteiger partial charge on any atom is -0.315 e. The molecule has 0 N–H and O–H groups in total. The summed E-state index contributed by atoms with van der Waals surface area (Å²) in [5.74, 6) is 0.478. The van der Waals surface area contributed by atoms with Gasteiger partial charge in [0, 0.05) is 12.7 Å². The largest absolute Gasteiger partial charge is 0.315 e. The Hall–Kier alpha value is -1.31. The molecule has 1 aromatic rings. The van der Waals surface area contributed by atoms with E-state index >= 15 is 0 Å². The fourth-order valence-corrected chi connectivity index (χ4v) is 2.27. The molecule has 1 aromatic carbocycles. The summed E-state index contributed by atoms with van der Waals surface area (Å²) in [5, 5.41) is 0. The molecule has 1 heterocycles. The van der Waals surface area contributed by atoms with Crippen LogP contribution in [0.3, 0.4) is 0 Å². The molecule has 0 saturated carbocycles. The molecular formula is C13H17NO. The van der Waals surface area contributed by atoms with Gasteiger partial charge in [-0.3, -0.25) is 4.79 Å². The number of amides is 1. The van der Waals surface area contributed by atoms with E-state index in [1.54, 1.807) is 4.90 Å². The second-order valence-corrected chi connectivity index (χ2v) is 4.87. The van der Waals surface area contributed by atoms with Crippen LogP contribution >= 0.6 is 0 Å². The average molecular weight is 203 g/mol. The van der Waals surface area contributed by atoms with E-state index < -0.39 is 0 Å². The van der Waals surface area contributed by atoms with Crippen molar-refractivity contribution in [3.05, 3.63) is 29.8 Å². The van der Waals surface area contributed by atoms with Crippen LogP contribution in [0.15, 0.2) is 24.3 Å². The highest BCUT2D eigenvalue weighted by Crippen LogP contribution is 2.45. The molecule has 2 heteroatoms. The predicted molar refractivity (Wildman–Crippen MR) is 62.0 cm³/mol. The van der Waals surface area contributed by atoms with E-state index in [0.717, 1.165) is 5.69 Å². The number of para-hydroxylation sites is 1. The molecule has 2 nitrogen and oxygen atoms in total. The van der Waals surface area contributed by atoms with E-state index in [1.807, 2.05) is 39.1 Å². The summed E-state index contributed by atoms with van der Waals surface area (Å²) < 4.78 is 0. The zero-order valence-corrected chi connectivity index (χ0v) is 9.74. The first-order valence-corrected chi connectivity index (χ1v) is 5.33. The summed E-state index contributed by atoms with van der Waals surface area (Å²) in [4.78, 5) is 13.9. The van der Waals surface area contributed by atoms with E-state index in [1.165, 1.54) is 5.56 Å². The first kappa shape index (κ1) is 10.2. The number of hydrogen-bond donors (Lipinski definition) is 0. The number of rotatable bonds is 0. The monoisotopic (exact) mass is 203 g/mol. The van der Waals surface area contributed by atoms with Crippen LogP contribution in [-0.4, -0.2) is 13.0 Å². The van der Waals surface area contributed by atoms with Crippen molar-refractivity contribution in [2.75, 3.05) is 11.9 Å². The average Bonchev–Trinajstić information content (AvgIpc) is 2.24. The quantitative estimate of drug-likeness (QED) is 0.635. The molecule has 1 atom stereocenters. The van der Waals surface area contributed by atoms with Crippen molar-refractivity contribution in [1.82, 2.24) is 0 Å². The van der Waals surface area contributed by atoms with Gasteiger partial charge in [-0.05, 0) is 17.5 Å². The lowest BCUT2D eigenvalue weighted by Gasteiger charge is -2.41. The Morgan fingerprint density at radius 1 is 1.27 bits per heavy atom. The lowest BCUT2D eigenvalue weighted by Crippen LogP contribution is -2.45. The first-order valence-electron chi connectivity index (χ1n) is 5.33. The van der Waals surface area contributed by atoms with E-state index in [0.29, 0.717) is 0 Å². The van der Waals surface area contributed by atoms with Gasteiger partial charge in [-0.2, -0.15) is 0 Å². The lowest BCUT2D eigenvalue weighted by molar-refractivity contribution is -0.127. The summed E-state index contributed by atoms with van der Waals surface area (Å²) in [7, 11) is 1.86. The first-order chi connectivity index (χ1) is 6.96. The summed E-state index contributed by atoms with van der Waals surface area (Å²) in [6.07, 6.45) is 0. The summed E-state index contributed by atoms with van der Waals surface area (Å²) in [6, 6.07) is 8.15. The minimum atomic E-state index is -0.302. The van der Waals surface area contributed by atoms with Crippen molar-refractivity contribution >= 4 is 11.6 Å². The van der Waals surface area contributed by atoms with Gasteiger partial charge in [-0.25, -0.2) is 0 Å². The Kier molecular flexibility index (Phi) is 2.10. The lowest BCUT2D eigenvalue weighted by atomic mass is 9.72. The van der Waals surface area contributed by atoms with E-state index in [2.05, 4.69) is 13.0 Å². The molecule has 1 unspecified atom stereocenters. The molecule has 1 aliphatic heterocycles. The van der Waals surface area contributed by atoms with Crippen molar-refractivity contribution in [3.8, 4) is 0 Å². The van der Waals surface area contributed by atoms with Crippen LogP contribution in [-0.2, 0) is 4.79 Å². The molecule has 1 aliphatic rings. The van der Waals surface area contributed by atoms with Gasteiger partial charge in [-0.1, -0.05) is 39.0 Å². The fourth-order valence-electron chi connectivity index (χ4n) is 2.27. The SMILES string of the molecule is CC1c2ccccc2N(C)C(=O)C1(C)C. The van der Waals surface area contributed by atoms with Gasteiger partial charge in [0.05, 0.1) is 5.41 Å². The number of hydrogen-bond acceptors (Lipinski definition) is 1. The summed E-state index contributed by atoms with van der Waals surface area (Å²) in [5.41, 5.74) is 2.02. The highest BCUT2D eigenvalue weighted by Gasteiger charge is 2.42. The Labute approximate surface area is 90.9 Å².